The number of hydrogen-bond acceptors (Lipinski definition) is 5. The van der Waals surface area contributed by atoms with Crippen molar-refractivity contribution in [1.82, 2.24) is 9.71 Å². The molecule has 1 heterocycles. The highest BCUT2D eigenvalue weighted by Gasteiger charge is 2.14. The minimum Gasteiger partial charge on any atom is -0.401 e. The topological polar surface area (TPSA) is 82.6 Å². The van der Waals surface area contributed by atoms with Crippen LogP contribution in [0.2, 0.25) is 0 Å². The van der Waals surface area contributed by atoms with Gasteiger partial charge in [-0.25, -0.2) is 4.79 Å². The van der Waals surface area contributed by atoms with Crippen LogP contribution in [-0.2, 0) is 22.7 Å². The molecule has 7 heteroatoms. The Morgan fingerprint density at radius 2 is 1.38 bits per heavy atom. The summed E-state index contributed by atoms with van der Waals surface area (Å²) in [5, 5.41) is 0. The van der Waals surface area contributed by atoms with Gasteiger partial charge in [0.05, 0.1) is 32.6 Å². The molecule has 7 nitrogen and oxygen atoms in total. The summed E-state index contributed by atoms with van der Waals surface area (Å²) in [6, 6.07) is 19.5. The van der Waals surface area contributed by atoms with E-state index < -0.39 is 17.4 Å². The Morgan fingerprint density at radius 3 is 1.90 bits per heavy atom. The summed E-state index contributed by atoms with van der Waals surface area (Å²) >= 11 is 0. The zero-order valence-corrected chi connectivity index (χ0v) is 16.2. The lowest BCUT2D eigenvalue weighted by Gasteiger charge is -2.20. The molecule has 0 atom stereocenters. The van der Waals surface area contributed by atoms with Crippen LogP contribution in [0.4, 0.5) is 0 Å². The summed E-state index contributed by atoms with van der Waals surface area (Å²) in [4.78, 5) is 31.5. The zero-order valence-electron chi connectivity index (χ0n) is 16.2. The summed E-state index contributed by atoms with van der Waals surface area (Å²) in [5.74, 6) is 0. The van der Waals surface area contributed by atoms with Crippen molar-refractivity contribution in [2.24, 2.45) is 0 Å². The highest BCUT2D eigenvalue weighted by atomic mass is 16.7. The molecule has 0 aliphatic heterocycles. The zero-order chi connectivity index (χ0) is 20.5. The van der Waals surface area contributed by atoms with Crippen molar-refractivity contribution in [2.75, 3.05) is 13.2 Å². The van der Waals surface area contributed by atoms with Crippen LogP contribution in [0.1, 0.15) is 16.7 Å². The second kappa shape index (κ2) is 10.4. The fourth-order valence-electron chi connectivity index (χ4n) is 2.66. The number of benzene rings is 2. The van der Waals surface area contributed by atoms with E-state index in [-0.39, 0.29) is 13.2 Å². The van der Waals surface area contributed by atoms with Crippen LogP contribution in [0, 0.1) is 6.92 Å². The van der Waals surface area contributed by atoms with Gasteiger partial charge in [0.25, 0.3) is 5.56 Å². The lowest BCUT2D eigenvalue weighted by molar-refractivity contribution is -0.0750. The molecule has 152 valence electrons. The maximum atomic E-state index is 12.0. The minimum atomic E-state index is -0.642. The van der Waals surface area contributed by atoms with Gasteiger partial charge in [0.15, 0.2) is 6.10 Å². The Morgan fingerprint density at radius 1 is 0.862 bits per heavy atom. The first-order valence-electron chi connectivity index (χ1n) is 9.35. The van der Waals surface area contributed by atoms with Crippen LogP contribution in [0.3, 0.4) is 0 Å². The summed E-state index contributed by atoms with van der Waals surface area (Å²) in [5.41, 5.74) is 1.37. The molecule has 0 saturated heterocycles. The summed E-state index contributed by atoms with van der Waals surface area (Å²) in [7, 11) is 0. The molecule has 0 saturated carbocycles. The van der Waals surface area contributed by atoms with Gasteiger partial charge in [-0.05, 0) is 18.1 Å². The van der Waals surface area contributed by atoms with Gasteiger partial charge in [-0.2, -0.15) is 0 Å². The van der Waals surface area contributed by atoms with Crippen molar-refractivity contribution in [3.63, 3.8) is 0 Å². The molecule has 0 amide bonds. The van der Waals surface area contributed by atoms with E-state index in [4.69, 9.17) is 14.3 Å². The fraction of sp³-hybridized carbons (Fsp3) is 0.273. The quantitative estimate of drug-likeness (QED) is 0.567. The maximum absolute atomic E-state index is 12.0. The normalized spacial score (nSPS) is 11.0. The van der Waals surface area contributed by atoms with E-state index in [1.165, 1.54) is 6.20 Å². The Bertz CT molecular complexity index is 953. The SMILES string of the molecule is Cc1cn(OC(COCc2ccccc2)COCc2ccccc2)c(=O)[nH]c1=O. The molecule has 0 unspecified atom stereocenters. The lowest BCUT2D eigenvalue weighted by Crippen LogP contribution is -2.42. The second-order valence-corrected chi connectivity index (χ2v) is 6.63. The van der Waals surface area contributed by atoms with Crippen LogP contribution < -0.4 is 16.1 Å². The highest BCUT2D eigenvalue weighted by molar-refractivity contribution is 5.14. The van der Waals surface area contributed by atoms with Crippen molar-refractivity contribution in [3.8, 4) is 0 Å². The molecule has 0 radical (unpaired) electrons. The van der Waals surface area contributed by atoms with E-state index in [1.54, 1.807) is 6.92 Å². The van der Waals surface area contributed by atoms with E-state index in [0.29, 0.717) is 18.8 Å². The highest BCUT2D eigenvalue weighted by Crippen LogP contribution is 2.04. The number of aromatic nitrogens is 2. The number of nitrogens with zero attached hydrogens (tertiary/aromatic N) is 1. The second-order valence-electron chi connectivity index (χ2n) is 6.63. The molecule has 0 aliphatic carbocycles. The van der Waals surface area contributed by atoms with Gasteiger partial charge in [0.2, 0.25) is 0 Å². The molecule has 1 aromatic heterocycles. The first-order valence-corrected chi connectivity index (χ1v) is 9.35. The fourth-order valence-corrected chi connectivity index (χ4v) is 2.66. The van der Waals surface area contributed by atoms with Crippen LogP contribution in [0.15, 0.2) is 76.4 Å². The van der Waals surface area contributed by atoms with Gasteiger partial charge in [-0.3, -0.25) is 9.78 Å². The van der Waals surface area contributed by atoms with Crippen LogP contribution in [0.5, 0.6) is 0 Å². The number of H-pyrrole nitrogens is 1. The predicted molar refractivity (Wildman–Crippen MR) is 109 cm³/mol. The molecule has 29 heavy (non-hydrogen) atoms. The number of aromatic amines is 1. The number of ether oxygens (including phenoxy) is 2. The van der Waals surface area contributed by atoms with Gasteiger partial charge < -0.3 is 14.3 Å². The van der Waals surface area contributed by atoms with E-state index in [0.717, 1.165) is 15.9 Å². The maximum Gasteiger partial charge on any atom is 0.361 e. The monoisotopic (exact) mass is 396 g/mol. The van der Waals surface area contributed by atoms with Gasteiger partial charge in [0.1, 0.15) is 0 Å². The third kappa shape index (κ3) is 6.44. The molecule has 0 bridgehead atoms. The molecule has 3 aromatic rings. The van der Waals surface area contributed by atoms with Gasteiger partial charge in [-0.15, -0.1) is 4.73 Å². The first kappa shape index (κ1) is 20.6. The van der Waals surface area contributed by atoms with Crippen molar-refractivity contribution < 1.29 is 14.3 Å². The molecule has 2 aromatic carbocycles. The Labute approximate surface area is 168 Å². The molecule has 0 aliphatic rings. The summed E-state index contributed by atoms with van der Waals surface area (Å²) in [6.45, 7) is 2.87. The average molecular weight is 396 g/mol. The van der Waals surface area contributed by atoms with Gasteiger partial charge >= 0.3 is 5.69 Å². The lowest BCUT2D eigenvalue weighted by atomic mass is 10.2. The van der Waals surface area contributed by atoms with Crippen molar-refractivity contribution in [2.45, 2.75) is 26.2 Å². The van der Waals surface area contributed by atoms with E-state index in [1.807, 2.05) is 60.7 Å². The molecule has 0 spiro atoms. The molecule has 0 fully saturated rings. The number of nitrogens with one attached hydrogen (secondary N) is 1. The largest absolute Gasteiger partial charge is 0.401 e. The van der Waals surface area contributed by atoms with Gasteiger partial charge in [-0.1, -0.05) is 60.7 Å². The standard InChI is InChI=1S/C22H24N2O5/c1-17-12-24(22(26)23-21(17)25)29-20(15-27-13-18-8-4-2-5-9-18)16-28-14-19-10-6-3-7-11-19/h2-12,20H,13-16H2,1H3,(H,23,25,26). The summed E-state index contributed by atoms with van der Waals surface area (Å²) in [6.07, 6.45) is 0.827. The van der Waals surface area contributed by atoms with Crippen molar-refractivity contribution in [3.05, 3.63) is 104 Å². The van der Waals surface area contributed by atoms with Crippen molar-refractivity contribution >= 4 is 0 Å². The third-order valence-corrected chi connectivity index (χ3v) is 4.18. The number of aryl methyl sites for hydroxylation is 1. The Balaban J connectivity index is 1.62. The van der Waals surface area contributed by atoms with Crippen LogP contribution in [0.25, 0.3) is 0 Å². The minimum absolute atomic E-state index is 0.217. The van der Waals surface area contributed by atoms with Gasteiger partial charge in [0, 0.05) is 5.56 Å². The van der Waals surface area contributed by atoms with Crippen LogP contribution in [-0.4, -0.2) is 29.0 Å². The van der Waals surface area contributed by atoms with Crippen LogP contribution >= 0.6 is 0 Å². The molecule has 1 N–H and O–H groups in total. The van der Waals surface area contributed by atoms with E-state index >= 15 is 0 Å². The summed E-state index contributed by atoms with van der Waals surface area (Å²) < 4.78 is 12.5. The van der Waals surface area contributed by atoms with E-state index in [9.17, 15) is 9.59 Å². The third-order valence-electron chi connectivity index (χ3n) is 4.18. The molecular weight excluding hydrogens is 372 g/mol. The molecule has 3 rings (SSSR count). The Hall–Kier alpha value is -3.16. The average Bonchev–Trinajstić information content (AvgIpc) is 2.73. The first-order chi connectivity index (χ1) is 14.1. The van der Waals surface area contributed by atoms with E-state index in [2.05, 4.69) is 4.98 Å². The Kier molecular flexibility index (Phi) is 7.38. The number of hydrogen-bond donors (Lipinski definition) is 1. The smallest absolute Gasteiger partial charge is 0.361 e. The predicted octanol–water partition coefficient (Wildman–Crippen LogP) is 2.08. The molecular formula is C22H24N2O5. The van der Waals surface area contributed by atoms with Crippen molar-refractivity contribution in [1.29, 1.82) is 0 Å². The number of rotatable bonds is 10.